The van der Waals surface area contributed by atoms with Crippen molar-refractivity contribution in [3.05, 3.63) is 34.4 Å². The van der Waals surface area contributed by atoms with Crippen molar-refractivity contribution in [2.24, 2.45) is 0 Å². The highest BCUT2D eigenvalue weighted by molar-refractivity contribution is 5.69. The van der Waals surface area contributed by atoms with E-state index in [-0.39, 0.29) is 12.5 Å². The Morgan fingerprint density at radius 2 is 1.76 bits per heavy atom. The number of hydrogen-bond acceptors (Lipinski definition) is 3. The zero-order chi connectivity index (χ0) is 16.2. The zero-order valence-electron chi connectivity index (χ0n) is 13.7. The van der Waals surface area contributed by atoms with Gasteiger partial charge in [0.05, 0.1) is 6.04 Å². The molecule has 0 bridgehead atoms. The number of ether oxygens (including phenoxy) is 1. The average molecular weight is 291 g/mol. The van der Waals surface area contributed by atoms with Gasteiger partial charge in [-0.25, -0.2) is 4.79 Å². The Bertz CT molecular complexity index is 530. The second-order valence-electron chi connectivity index (χ2n) is 6.39. The summed E-state index contributed by atoms with van der Waals surface area (Å²) in [5, 5.41) is 2.79. The van der Waals surface area contributed by atoms with Gasteiger partial charge in [-0.05, 0) is 63.8 Å². The number of benzene rings is 1. The second kappa shape index (κ2) is 6.74. The summed E-state index contributed by atoms with van der Waals surface area (Å²) < 4.78 is 5.26. The molecule has 1 N–H and O–H groups in total. The van der Waals surface area contributed by atoms with Gasteiger partial charge in [-0.1, -0.05) is 12.1 Å². The van der Waals surface area contributed by atoms with E-state index in [0.717, 1.165) is 23.0 Å². The van der Waals surface area contributed by atoms with Crippen LogP contribution in [-0.2, 0) is 9.53 Å². The van der Waals surface area contributed by atoms with Gasteiger partial charge in [0.1, 0.15) is 11.9 Å². The van der Waals surface area contributed by atoms with Gasteiger partial charge in [0.2, 0.25) is 0 Å². The smallest absolute Gasteiger partial charge is 0.408 e. The molecule has 0 saturated heterocycles. The lowest BCUT2D eigenvalue weighted by Gasteiger charge is -2.24. The number of amides is 1. The van der Waals surface area contributed by atoms with Crippen molar-refractivity contribution in [2.75, 3.05) is 0 Å². The molecular weight excluding hydrogens is 266 g/mol. The third-order valence-corrected chi connectivity index (χ3v) is 3.28. The third kappa shape index (κ3) is 5.21. The van der Waals surface area contributed by atoms with Gasteiger partial charge in [-0.15, -0.1) is 0 Å². The Balaban J connectivity index is 2.99. The number of carbonyl (C=O) groups excluding carboxylic acids is 2. The van der Waals surface area contributed by atoms with Gasteiger partial charge in [-0.2, -0.15) is 0 Å². The summed E-state index contributed by atoms with van der Waals surface area (Å²) in [4.78, 5) is 22.9. The second-order valence-corrected chi connectivity index (χ2v) is 6.39. The Hall–Kier alpha value is -1.84. The first-order chi connectivity index (χ1) is 9.64. The van der Waals surface area contributed by atoms with Crippen LogP contribution < -0.4 is 5.32 Å². The molecule has 1 aromatic carbocycles. The molecule has 1 rings (SSSR count). The predicted octanol–water partition coefficient (Wildman–Crippen LogP) is 3.77. The molecular formula is C17H25NO3. The maximum absolute atomic E-state index is 11.9. The molecule has 4 nitrogen and oxygen atoms in total. The van der Waals surface area contributed by atoms with Gasteiger partial charge in [0, 0.05) is 6.42 Å². The molecule has 4 heteroatoms. The normalized spacial score (nSPS) is 12.7. The molecule has 0 saturated carbocycles. The number of carbonyl (C=O) groups is 2. The van der Waals surface area contributed by atoms with Crippen molar-refractivity contribution in [3.8, 4) is 0 Å². The molecule has 0 aliphatic heterocycles. The monoisotopic (exact) mass is 291 g/mol. The molecule has 1 aromatic rings. The first kappa shape index (κ1) is 17.2. The predicted molar refractivity (Wildman–Crippen MR) is 83.4 cm³/mol. The van der Waals surface area contributed by atoms with Crippen molar-refractivity contribution in [2.45, 2.75) is 59.6 Å². The van der Waals surface area contributed by atoms with Crippen LogP contribution in [0.25, 0.3) is 0 Å². The molecule has 0 unspecified atom stereocenters. The molecule has 0 aliphatic rings. The first-order valence-electron chi connectivity index (χ1n) is 7.15. The Kier molecular flexibility index (Phi) is 5.53. The van der Waals surface area contributed by atoms with Gasteiger partial charge < -0.3 is 14.8 Å². The van der Waals surface area contributed by atoms with E-state index in [4.69, 9.17) is 4.74 Å². The van der Waals surface area contributed by atoms with Crippen LogP contribution in [0.4, 0.5) is 4.79 Å². The summed E-state index contributed by atoms with van der Waals surface area (Å²) in [5.74, 6) is 0. The summed E-state index contributed by atoms with van der Waals surface area (Å²) in [6.07, 6.45) is 0.533. The highest BCUT2D eigenvalue weighted by Gasteiger charge is 2.21. The van der Waals surface area contributed by atoms with Crippen molar-refractivity contribution in [1.29, 1.82) is 0 Å². The number of rotatable bonds is 4. The molecule has 21 heavy (non-hydrogen) atoms. The standard InChI is InChI=1S/C17H25NO3/c1-11-9-13(3)14(10-12(11)2)15(7-8-19)18-16(20)21-17(4,5)6/h8-10,15H,7H2,1-6H3,(H,18,20)/t15-/m0/s1. The Morgan fingerprint density at radius 3 is 2.29 bits per heavy atom. The topological polar surface area (TPSA) is 55.4 Å². The minimum Gasteiger partial charge on any atom is -0.444 e. The molecule has 0 fully saturated rings. The van der Waals surface area contributed by atoms with Crippen LogP contribution in [0.3, 0.4) is 0 Å². The molecule has 0 aliphatic carbocycles. The van der Waals surface area contributed by atoms with E-state index < -0.39 is 11.7 Å². The van der Waals surface area contributed by atoms with Crippen molar-refractivity contribution in [3.63, 3.8) is 0 Å². The van der Waals surface area contributed by atoms with Crippen LogP contribution in [0.2, 0.25) is 0 Å². The van der Waals surface area contributed by atoms with Gasteiger partial charge in [-0.3, -0.25) is 0 Å². The van der Waals surface area contributed by atoms with Gasteiger partial charge in [0.25, 0.3) is 0 Å². The molecule has 0 spiro atoms. The molecule has 1 amide bonds. The maximum atomic E-state index is 11.9. The number of alkyl carbamates (subject to hydrolysis) is 1. The van der Waals surface area contributed by atoms with E-state index in [1.54, 1.807) is 0 Å². The average Bonchev–Trinajstić information content (AvgIpc) is 2.31. The van der Waals surface area contributed by atoms with E-state index in [1.165, 1.54) is 5.56 Å². The fourth-order valence-electron chi connectivity index (χ4n) is 2.17. The van der Waals surface area contributed by atoms with Crippen LogP contribution in [0.5, 0.6) is 0 Å². The summed E-state index contributed by atoms with van der Waals surface area (Å²) >= 11 is 0. The number of nitrogens with one attached hydrogen (secondary N) is 1. The SMILES string of the molecule is Cc1cc(C)c([C@H](CC=O)NC(=O)OC(C)(C)C)cc1C. The number of hydrogen-bond donors (Lipinski definition) is 1. The van der Waals surface area contributed by atoms with Crippen LogP contribution in [0, 0.1) is 20.8 Å². The van der Waals surface area contributed by atoms with Crippen LogP contribution in [0.15, 0.2) is 12.1 Å². The summed E-state index contributed by atoms with van der Waals surface area (Å²) in [7, 11) is 0. The van der Waals surface area contributed by atoms with Crippen molar-refractivity contribution < 1.29 is 14.3 Å². The molecule has 0 heterocycles. The summed E-state index contributed by atoms with van der Waals surface area (Å²) in [5.41, 5.74) is 3.78. The minimum atomic E-state index is -0.561. The summed E-state index contributed by atoms with van der Waals surface area (Å²) in [6.45, 7) is 11.5. The lowest BCUT2D eigenvalue weighted by molar-refractivity contribution is -0.108. The zero-order valence-corrected chi connectivity index (χ0v) is 13.7. The van der Waals surface area contributed by atoms with Gasteiger partial charge >= 0.3 is 6.09 Å². The lowest BCUT2D eigenvalue weighted by atomic mass is 9.94. The lowest BCUT2D eigenvalue weighted by Crippen LogP contribution is -2.35. The Morgan fingerprint density at radius 1 is 1.19 bits per heavy atom. The maximum Gasteiger partial charge on any atom is 0.408 e. The molecule has 0 aromatic heterocycles. The van der Waals surface area contributed by atoms with E-state index in [0.29, 0.717) is 0 Å². The summed E-state index contributed by atoms with van der Waals surface area (Å²) in [6, 6.07) is 3.73. The fraction of sp³-hybridized carbons (Fsp3) is 0.529. The van der Waals surface area contributed by atoms with E-state index in [1.807, 2.05) is 47.6 Å². The highest BCUT2D eigenvalue weighted by atomic mass is 16.6. The van der Waals surface area contributed by atoms with Crippen LogP contribution in [-0.4, -0.2) is 18.0 Å². The minimum absolute atomic E-state index is 0.225. The molecule has 1 atom stereocenters. The van der Waals surface area contributed by atoms with E-state index in [9.17, 15) is 9.59 Å². The van der Waals surface area contributed by atoms with E-state index >= 15 is 0 Å². The Labute approximate surface area is 126 Å². The highest BCUT2D eigenvalue weighted by Crippen LogP contribution is 2.24. The quantitative estimate of drug-likeness (QED) is 0.859. The molecule has 0 radical (unpaired) electrons. The molecule has 116 valence electrons. The first-order valence-corrected chi connectivity index (χ1v) is 7.15. The third-order valence-electron chi connectivity index (χ3n) is 3.28. The largest absolute Gasteiger partial charge is 0.444 e. The van der Waals surface area contributed by atoms with Crippen LogP contribution in [0.1, 0.15) is 55.5 Å². The van der Waals surface area contributed by atoms with Crippen LogP contribution >= 0.6 is 0 Å². The number of aryl methyl sites for hydroxylation is 3. The van der Waals surface area contributed by atoms with E-state index in [2.05, 4.69) is 11.4 Å². The van der Waals surface area contributed by atoms with Crippen molar-refractivity contribution in [1.82, 2.24) is 5.32 Å². The van der Waals surface area contributed by atoms with Gasteiger partial charge in [0.15, 0.2) is 0 Å². The van der Waals surface area contributed by atoms with Crippen molar-refractivity contribution >= 4 is 12.4 Å². The fourth-order valence-corrected chi connectivity index (χ4v) is 2.17. The number of aldehydes is 1.